The quantitative estimate of drug-likeness (QED) is 0.784. The van der Waals surface area contributed by atoms with Gasteiger partial charge in [-0.1, -0.05) is 0 Å². The Bertz CT molecular complexity index is 504. The van der Waals surface area contributed by atoms with E-state index in [9.17, 15) is 9.59 Å². The van der Waals surface area contributed by atoms with Crippen molar-refractivity contribution < 1.29 is 9.59 Å². The Morgan fingerprint density at radius 1 is 1.20 bits per heavy atom. The van der Waals surface area contributed by atoms with Crippen molar-refractivity contribution in [1.82, 2.24) is 10.6 Å². The van der Waals surface area contributed by atoms with Gasteiger partial charge in [0.1, 0.15) is 0 Å². The van der Waals surface area contributed by atoms with Gasteiger partial charge in [0.25, 0.3) is 5.91 Å². The van der Waals surface area contributed by atoms with E-state index in [1.54, 1.807) is 12.1 Å². The Kier molecular flexibility index (Phi) is 5.13. The molecule has 0 aliphatic heterocycles. The first-order valence-corrected chi connectivity index (χ1v) is 6.60. The summed E-state index contributed by atoms with van der Waals surface area (Å²) in [6.45, 7) is 7.59. The number of hydrogen-bond donors (Lipinski definition) is 3. The lowest BCUT2D eigenvalue weighted by Gasteiger charge is -2.20. The maximum absolute atomic E-state index is 12.0. The van der Waals surface area contributed by atoms with Gasteiger partial charge in [-0.25, -0.2) is 0 Å². The summed E-state index contributed by atoms with van der Waals surface area (Å²) >= 11 is 0. The van der Waals surface area contributed by atoms with Crippen molar-refractivity contribution in [2.45, 2.75) is 33.2 Å². The minimum Gasteiger partial charge on any atom is -0.388 e. The third kappa shape index (κ3) is 4.91. The smallest absolute Gasteiger partial charge is 0.251 e. The average molecular weight is 277 g/mol. The third-order valence-electron chi connectivity index (χ3n) is 2.68. The summed E-state index contributed by atoms with van der Waals surface area (Å²) < 4.78 is 0. The molecule has 0 saturated carbocycles. The van der Waals surface area contributed by atoms with E-state index in [1.807, 2.05) is 40.8 Å². The summed E-state index contributed by atoms with van der Waals surface area (Å²) in [5.74, 6) is -0.450. The fourth-order valence-corrected chi connectivity index (χ4v) is 1.81. The van der Waals surface area contributed by atoms with Crippen molar-refractivity contribution in [3.8, 4) is 0 Å². The van der Waals surface area contributed by atoms with Crippen molar-refractivity contribution in [2.24, 2.45) is 0 Å². The average Bonchev–Trinajstić information content (AvgIpc) is 2.33. The highest BCUT2D eigenvalue weighted by Gasteiger charge is 2.14. The van der Waals surface area contributed by atoms with Gasteiger partial charge in [0.2, 0.25) is 5.91 Å². The molecule has 5 heteroatoms. The number of rotatable bonds is 4. The summed E-state index contributed by atoms with van der Waals surface area (Å²) in [6.07, 6.45) is 0. The van der Waals surface area contributed by atoms with Crippen LogP contribution in [0.1, 0.15) is 36.7 Å². The predicted molar refractivity (Wildman–Crippen MR) is 81.0 cm³/mol. The van der Waals surface area contributed by atoms with Gasteiger partial charge in [0.15, 0.2) is 0 Å². The van der Waals surface area contributed by atoms with Crippen LogP contribution in [-0.2, 0) is 4.79 Å². The number of anilines is 1. The number of carbonyl (C=O) groups is 2. The van der Waals surface area contributed by atoms with E-state index >= 15 is 0 Å². The first-order valence-electron chi connectivity index (χ1n) is 6.60. The van der Waals surface area contributed by atoms with Gasteiger partial charge in [-0.3, -0.25) is 9.59 Å². The van der Waals surface area contributed by atoms with Crippen molar-refractivity contribution in [3.05, 3.63) is 29.3 Å². The van der Waals surface area contributed by atoms with Crippen LogP contribution >= 0.6 is 0 Å². The van der Waals surface area contributed by atoms with Crippen LogP contribution < -0.4 is 16.0 Å². The molecule has 0 radical (unpaired) electrons. The summed E-state index contributed by atoms with van der Waals surface area (Å²) in [4.78, 5) is 23.6. The molecule has 3 N–H and O–H groups in total. The standard InChI is InChI=1S/C15H23N3O2/c1-10-8-11(6-7-12(10)16-5)14(20)17-9-13(19)18-15(2,3)4/h6-8,16H,9H2,1-5H3,(H,17,20)(H,18,19). The van der Waals surface area contributed by atoms with Crippen molar-refractivity contribution in [1.29, 1.82) is 0 Å². The van der Waals surface area contributed by atoms with Crippen LogP contribution in [0.15, 0.2) is 18.2 Å². The number of amides is 2. The summed E-state index contributed by atoms with van der Waals surface area (Å²) in [5.41, 5.74) is 2.21. The number of nitrogens with one attached hydrogen (secondary N) is 3. The molecular formula is C15H23N3O2. The molecule has 0 spiro atoms. The molecule has 0 atom stereocenters. The maximum atomic E-state index is 12.0. The van der Waals surface area contributed by atoms with E-state index in [0.717, 1.165) is 11.3 Å². The SMILES string of the molecule is CNc1ccc(C(=O)NCC(=O)NC(C)(C)C)cc1C. The first-order chi connectivity index (χ1) is 9.23. The molecule has 0 bridgehead atoms. The van der Waals surface area contributed by atoms with Crippen LogP contribution in [0.25, 0.3) is 0 Å². The predicted octanol–water partition coefficient (Wildman–Crippen LogP) is 1.68. The molecule has 0 aliphatic carbocycles. The molecule has 1 aromatic rings. The number of carbonyl (C=O) groups excluding carboxylic acids is 2. The number of hydrogen-bond acceptors (Lipinski definition) is 3. The molecule has 110 valence electrons. The van der Waals surface area contributed by atoms with Gasteiger partial charge < -0.3 is 16.0 Å². The Labute approximate surface area is 120 Å². The molecule has 1 rings (SSSR count). The van der Waals surface area contributed by atoms with Gasteiger partial charge >= 0.3 is 0 Å². The molecule has 0 unspecified atom stereocenters. The number of aryl methyl sites for hydroxylation is 1. The molecule has 0 aliphatic rings. The first kappa shape index (κ1) is 16.0. The van der Waals surface area contributed by atoms with E-state index < -0.39 is 0 Å². The van der Waals surface area contributed by atoms with E-state index in [-0.39, 0.29) is 23.9 Å². The Hall–Kier alpha value is -2.04. The lowest BCUT2D eigenvalue weighted by atomic mass is 10.1. The summed E-state index contributed by atoms with van der Waals surface area (Å²) in [7, 11) is 1.83. The zero-order chi connectivity index (χ0) is 15.3. The monoisotopic (exact) mass is 277 g/mol. The lowest BCUT2D eigenvalue weighted by Crippen LogP contribution is -2.45. The van der Waals surface area contributed by atoms with Crippen LogP contribution in [0.4, 0.5) is 5.69 Å². The highest BCUT2D eigenvalue weighted by atomic mass is 16.2. The normalized spacial score (nSPS) is 10.8. The van der Waals surface area contributed by atoms with Crippen LogP contribution in [0, 0.1) is 6.92 Å². The highest BCUT2D eigenvalue weighted by molar-refractivity contribution is 5.97. The molecule has 5 nitrogen and oxygen atoms in total. The Balaban J connectivity index is 2.59. The van der Waals surface area contributed by atoms with Gasteiger partial charge in [0.05, 0.1) is 6.54 Å². The topological polar surface area (TPSA) is 70.2 Å². The maximum Gasteiger partial charge on any atom is 0.251 e. The van der Waals surface area contributed by atoms with E-state index in [2.05, 4.69) is 16.0 Å². The van der Waals surface area contributed by atoms with Crippen LogP contribution in [-0.4, -0.2) is 30.9 Å². The summed E-state index contributed by atoms with van der Waals surface area (Å²) in [5, 5.41) is 8.45. The zero-order valence-corrected chi connectivity index (χ0v) is 12.8. The highest BCUT2D eigenvalue weighted by Crippen LogP contribution is 2.15. The van der Waals surface area contributed by atoms with Crippen LogP contribution in [0.2, 0.25) is 0 Å². The van der Waals surface area contributed by atoms with E-state index in [1.165, 1.54) is 0 Å². The van der Waals surface area contributed by atoms with E-state index in [0.29, 0.717) is 5.56 Å². The van der Waals surface area contributed by atoms with Crippen LogP contribution in [0.3, 0.4) is 0 Å². The minimum atomic E-state index is -0.299. The van der Waals surface area contributed by atoms with Crippen molar-refractivity contribution in [2.75, 3.05) is 18.9 Å². The Morgan fingerprint density at radius 3 is 2.35 bits per heavy atom. The molecule has 0 heterocycles. The molecule has 2 amide bonds. The molecule has 0 saturated heterocycles. The molecule has 1 aromatic carbocycles. The third-order valence-corrected chi connectivity index (χ3v) is 2.68. The van der Waals surface area contributed by atoms with E-state index in [4.69, 9.17) is 0 Å². The van der Waals surface area contributed by atoms with Crippen molar-refractivity contribution in [3.63, 3.8) is 0 Å². The summed E-state index contributed by atoms with van der Waals surface area (Å²) in [6, 6.07) is 5.37. The largest absolute Gasteiger partial charge is 0.388 e. The van der Waals surface area contributed by atoms with Crippen molar-refractivity contribution >= 4 is 17.5 Å². The lowest BCUT2D eigenvalue weighted by molar-refractivity contribution is -0.121. The molecule has 20 heavy (non-hydrogen) atoms. The second-order valence-electron chi connectivity index (χ2n) is 5.76. The van der Waals surface area contributed by atoms with Gasteiger partial charge in [-0.15, -0.1) is 0 Å². The van der Waals surface area contributed by atoms with Crippen LogP contribution in [0.5, 0.6) is 0 Å². The van der Waals surface area contributed by atoms with Gasteiger partial charge in [-0.2, -0.15) is 0 Å². The van der Waals surface area contributed by atoms with Gasteiger partial charge in [0, 0.05) is 23.8 Å². The fourth-order valence-electron chi connectivity index (χ4n) is 1.81. The second kappa shape index (κ2) is 6.41. The second-order valence-corrected chi connectivity index (χ2v) is 5.76. The zero-order valence-electron chi connectivity index (χ0n) is 12.8. The Morgan fingerprint density at radius 2 is 1.85 bits per heavy atom. The minimum absolute atomic E-state index is 0.0249. The molecule has 0 aromatic heterocycles. The molecular weight excluding hydrogens is 254 g/mol. The molecule has 0 fully saturated rings. The fraction of sp³-hybridized carbons (Fsp3) is 0.467. The number of benzene rings is 1. The van der Waals surface area contributed by atoms with Gasteiger partial charge in [-0.05, 0) is 51.5 Å².